The summed E-state index contributed by atoms with van der Waals surface area (Å²) in [7, 11) is 0. The molecule has 1 spiro atoms. The summed E-state index contributed by atoms with van der Waals surface area (Å²) in [5, 5.41) is 9.90. The number of fused-ring (bicyclic) bond motifs is 8. The van der Waals surface area contributed by atoms with Crippen LogP contribution in [0.1, 0.15) is 97.5 Å². The van der Waals surface area contributed by atoms with Crippen LogP contribution in [0.15, 0.2) is 18.2 Å². The van der Waals surface area contributed by atoms with E-state index >= 15 is 0 Å². The molecule has 2 amide bonds. The van der Waals surface area contributed by atoms with Crippen molar-refractivity contribution in [3.63, 3.8) is 0 Å². The fourth-order valence-corrected chi connectivity index (χ4v) is 12.2. The number of ether oxygens (including phenoxy) is 3. The smallest absolute Gasteiger partial charge is 0.231 e. The van der Waals surface area contributed by atoms with Crippen LogP contribution in [-0.2, 0) is 25.5 Å². The zero-order valence-corrected chi connectivity index (χ0v) is 29.3. The van der Waals surface area contributed by atoms with Gasteiger partial charge in [0.1, 0.15) is 17.9 Å². The van der Waals surface area contributed by atoms with Crippen molar-refractivity contribution < 1.29 is 28.6 Å². The van der Waals surface area contributed by atoms with E-state index in [0.717, 1.165) is 62.1 Å². The molecule has 6 fully saturated rings. The van der Waals surface area contributed by atoms with Gasteiger partial charge in [-0.2, -0.15) is 0 Å². The van der Waals surface area contributed by atoms with Gasteiger partial charge in [0.2, 0.25) is 18.6 Å². The molecule has 48 heavy (non-hydrogen) atoms. The summed E-state index contributed by atoms with van der Waals surface area (Å²) in [4.78, 5) is 39.9. The number of benzene rings is 1. The van der Waals surface area contributed by atoms with Crippen LogP contribution in [0.3, 0.4) is 0 Å². The van der Waals surface area contributed by atoms with E-state index in [1.54, 1.807) is 0 Å². The number of Topliss-reactive ketones (excluding diaryl/α,β-unsaturated/α-hetero) is 1. The minimum Gasteiger partial charge on any atom is -0.454 e. The highest BCUT2D eigenvalue weighted by molar-refractivity contribution is 5.97. The second kappa shape index (κ2) is 12.0. The third-order valence-electron chi connectivity index (χ3n) is 14.9. The van der Waals surface area contributed by atoms with Crippen molar-refractivity contribution >= 4 is 17.6 Å². The van der Waals surface area contributed by atoms with Crippen molar-refractivity contribution in [2.24, 2.45) is 52.3 Å². The molecule has 4 aliphatic carbocycles. The van der Waals surface area contributed by atoms with E-state index in [9.17, 15) is 14.4 Å². The Morgan fingerprint density at radius 3 is 2.62 bits per heavy atom. The Morgan fingerprint density at radius 2 is 1.81 bits per heavy atom. The van der Waals surface area contributed by atoms with Gasteiger partial charge in [0.05, 0.1) is 6.10 Å². The van der Waals surface area contributed by atoms with Crippen LogP contribution in [0, 0.1) is 52.3 Å². The number of piperidine rings is 1. The van der Waals surface area contributed by atoms with Crippen molar-refractivity contribution in [2.75, 3.05) is 19.9 Å². The summed E-state index contributed by atoms with van der Waals surface area (Å²) in [6.45, 7) is 11.1. The second-order valence-electron chi connectivity index (χ2n) is 17.2. The molecule has 262 valence electrons. The maximum Gasteiger partial charge on any atom is 0.231 e. The fourth-order valence-electron chi connectivity index (χ4n) is 12.2. The minimum absolute atomic E-state index is 0.0834. The molecule has 9 nitrogen and oxygen atoms in total. The van der Waals surface area contributed by atoms with Crippen molar-refractivity contribution in [1.29, 1.82) is 0 Å². The molecule has 0 radical (unpaired) electrons. The third kappa shape index (κ3) is 5.19. The highest BCUT2D eigenvalue weighted by Crippen LogP contribution is 2.70. The summed E-state index contributed by atoms with van der Waals surface area (Å²) in [5.41, 5.74) is 0.610. The number of carbonyl (C=O) groups excluding carboxylic acids is 3. The van der Waals surface area contributed by atoms with Gasteiger partial charge in [0, 0.05) is 42.8 Å². The predicted molar refractivity (Wildman–Crippen MR) is 180 cm³/mol. The van der Waals surface area contributed by atoms with E-state index in [1.807, 2.05) is 18.2 Å². The van der Waals surface area contributed by atoms with Crippen molar-refractivity contribution in [2.45, 2.75) is 116 Å². The Balaban J connectivity index is 0.851. The monoisotopic (exact) mass is 661 g/mol. The first-order chi connectivity index (χ1) is 23.0. The number of hydrogen-bond acceptors (Lipinski definition) is 7. The molecule has 3 aliphatic heterocycles. The van der Waals surface area contributed by atoms with Gasteiger partial charge in [-0.15, -0.1) is 0 Å². The molecule has 0 unspecified atom stereocenters. The first-order valence-corrected chi connectivity index (χ1v) is 18.9. The molecule has 9 heteroatoms. The Hall–Kier alpha value is -2.65. The zero-order chi connectivity index (χ0) is 33.4. The number of hydrogen-bond donors (Lipinski definition) is 3. The lowest BCUT2D eigenvalue weighted by molar-refractivity contribution is -0.160. The Morgan fingerprint density at radius 1 is 0.979 bits per heavy atom. The van der Waals surface area contributed by atoms with Gasteiger partial charge >= 0.3 is 0 Å². The van der Waals surface area contributed by atoms with Gasteiger partial charge < -0.3 is 24.8 Å². The second-order valence-corrected chi connectivity index (χ2v) is 17.2. The summed E-state index contributed by atoms with van der Waals surface area (Å²) in [6, 6.07) is 5.87. The average molecular weight is 662 g/mol. The van der Waals surface area contributed by atoms with Gasteiger partial charge in [0.15, 0.2) is 11.5 Å². The van der Waals surface area contributed by atoms with Crippen molar-refractivity contribution in [3.8, 4) is 11.5 Å². The summed E-state index contributed by atoms with van der Waals surface area (Å²) in [5.74, 6) is 4.69. The van der Waals surface area contributed by atoms with E-state index in [2.05, 4.69) is 43.6 Å². The molecule has 3 N–H and O–H groups in total. The molecule has 1 aromatic carbocycles. The van der Waals surface area contributed by atoms with Crippen LogP contribution in [0.5, 0.6) is 11.5 Å². The quantitative estimate of drug-likeness (QED) is 0.362. The largest absolute Gasteiger partial charge is 0.454 e. The predicted octanol–water partition coefficient (Wildman–Crippen LogP) is 5.15. The Labute approximate surface area is 285 Å². The van der Waals surface area contributed by atoms with Crippen LogP contribution < -0.4 is 25.4 Å². The lowest BCUT2D eigenvalue weighted by Gasteiger charge is -2.60. The highest BCUT2D eigenvalue weighted by atomic mass is 16.7. The van der Waals surface area contributed by atoms with Gasteiger partial charge in [-0.3, -0.25) is 19.7 Å². The first kappa shape index (κ1) is 32.5. The molecule has 3 heterocycles. The normalized spacial score (nSPS) is 44.0. The van der Waals surface area contributed by atoms with Crippen LogP contribution in [0.4, 0.5) is 0 Å². The molecule has 8 rings (SSSR count). The maximum absolute atomic E-state index is 14.4. The molecule has 12 atom stereocenters. The van der Waals surface area contributed by atoms with Crippen LogP contribution in [0.25, 0.3) is 0 Å². The van der Waals surface area contributed by atoms with Crippen molar-refractivity contribution in [3.05, 3.63) is 23.8 Å². The Kier molecular flexibility index (Phi) is 8.13. The zero-order valence-electron chi connectivity index (χ0n) is 29.3. The molecule has 4 saturated carbocycles. The van der Waals surface area contributed by atoms with E-state index in [0.29, 0.717) is 66.6 Å². The summed E-state index contributed by atoms with van der Waals surface area (Å²) >= 11 is 0. The van der Waals surface area contributed by atoms with E-state index in [1.165, 1.54) is 12.8 Å². The van der Waals surface area contributed by atoms with Crippen LogP contribution in [-0.4, -0.2) is 55.4 Å². The summed E-state index contributed by atoms with van der Waals surface area (Å²) < 4.78 is 17.8. The van der Waals surface area contributed by atoms with Gasteiger partial charge in [-0.1, -0.05) is 33.8 Å². The SMILES string of the molecule is C[C@@H]1CC[C@@]2(NC1)O[C@H]1C[C@H]3[C@@H]4CC[C@@H]5C[C@H](NC(=O)CC(=O)NCCc6ccc7c(c6)OCO7)CC[C@]5(C)[C@H]4CC(=O)[C@]3(C)[C@H]1[C@@H]2C. The van der Waals surface area contributed by atoms with Crippen LogP contribution in [0.2, 0.25) is 0 Å². The molecular formula is C39H55N3O6. The van der Waals surface area contributed by atoms with Gasteiger partial charge in [-0.25, -0.2) is 0 Å². The number of ketones is 1. The van der Waals surface area contributed by atoms with Gasteiger partial charge in [-0.05, 0) is 110 Å². The molecule has 7 aliphatic rings. The average Bonchev–Trinajstić information content (AvgIpc) is 3.72. The molecule has 1 aromatic rings. The topological polar surface area (TPSA) is 115 Å². The highest BCUT2D eigenvalue weighted by Gasteiger charge is 2.71. The first-order valence-electron chi connectivity index (χ1n) is 18.9. The van der Waals surface area contributed by atoms with E-state index in [4.69, 9.17) is 14.2 Å². The molecule has 0 aromatic heterocycles. The molecule has 2 saturated heterocycles. The van der Waals surface area contributed by atoms with Crippen LogP contribution >= 0.6 is 0 Å². The maximum atomic E-state index is 14.4. The lowest BCUT2D eigenvalue weighted by atomic mass is 9.44. The lowest BCUT2D eigenvalue weighted by Crippen LogP contribution is -2.60. The number of amides is 2. The summed E-state index contributed by atoms with van der Waals surface area (Å²) in [6.07, 6.45) is 9.81. The number of rotatable bonds is 6. The standard InChI is InChI=1S/C39H55N3O6/c1-22-9-13-39(41-20-22)23(2)36-32(48-39)17-29-27-7-6-25-16-26(10-12-37(25,3)28(27)18-33(43)38(29,36)4)42-35(45)19-34(44)40-14-11-24-5-8-30-31(15-24)47-21-46-30/h5,8,15,22-23,25-29,32,36,41H,6-7,9-14,16-21H2,1-4H3,(H,40,44)(H,42,45)/t22-,23+,25-,26-,27-,28+,29+,32+,36+,37+,38-,39-/m1/s1. The third-order valence-corrected chi connectivity index (χ3v) is 14.9. The van der Waals surface area contributed by atoms with Gasteiger partial charge in [0.25, 0.3) is 0 Å². The number of nitrogens with one attached hydrogen (secondary N) is 3. The Bertz CT molecular complexity index is 1460. The fraction of sp³-hybridized carbons (Fsp3) is 0.769. The number of carbonyl (C=O) groups is 3. The van der Waals surface area contributed by atoms with E-state index in [-0.39, 0.29) is 53.7 Å². The molecule has 0 bridgehead atoms. The van der Waals surface area contributed by atoms with Crippen molar-refractivity contribution in [1.82, 2.24) is 16.0 Å². The minimum atomic E-state index is -0.293. The van der Waals surface area contributed by atoms with E-state index < -0.39 is 0 Å². The molecular weight excluding hydrogens is 606 g/mol.